The fourth-order valence-corrected chi connectivity index (χ4v) is 2.54. The van der Waals surface area contributed by atoms with Crippen molar-refractivity contribution in [1.29, 1.82) is 0 Å². The number of carbonyl (C=O) groups is 1. The van der Waals surface area contributed by atoms with Crippen LogP contribution in [0.25, 0.3) is 16.8 Å². The summed E-state index contributed by atoms with van der Waals surface area (Å²) in [5, 5.41) is 13.5. The molecule has 4 heteroatoms. The Hall–Kier alpha value is -2.62. The summed E-state index contributed by atoms with van der Waals surface area (Å²) in [6.07, 6.45) is 3.43. The van der Waals surface area contributed by atoms with E-state index in [1.165, 1.54) is 0 Å². The average molecular weight is 280 g/mol. The maximum atomic E-state index is 10.7. The van der Waals surface area contributed by atoms with Crippen molar-refractivity contribution in [2.24, 2.45) is 0 Å². The Bertz CT molecular complexity index is 763. The maximum Gasteiger partial charge on any atom is 0.303 e. The normalized spacial score (nSPS) is 10.9. The van der Waals surface area contributed by atoms with Crippen LogP contribution in [0.1, 0.15) is 18.4 Å². The Morgan fingerprint density at radius 1 is 1.10 bits per heavy atom. The highest BCUT2D eigenvalue weighted by Crippen LogP contribution is 2.27. The standard InChI is InChI=1S/C17H16N2O2/c20-16(21)11-6-9-14-15-10-4-5-12-19(15)18-17(14)13-7-2-1-3-8-13/h1-5,7-8,10,12H,6,9,11H2,(H,20,21). The molecule has 21 heavy (non-hydrogen) atoms. The van der Waals surface area contributed by atoms with Crippen LogP contribution in [-0.4, -0.2) is 20.7 Å². The molecular weight excluding hydrogens is 264 g/mol. The monoisotopic (exact) mass is 280 g/mol. The maximum absolute atomic E-state index is 10.7. The van der Waals surface area contributed by atoms with Crippen LogP contribution in [0.2, 0.25) is 0 Å². The summed E-state index contributed by atoms with van der Waals surface area (Å²) >= 11 is 0. The highest BCUT2D eigenvalue weighted by Gasteiger charge is 2.14. The molecule has 0 bridgehead atoms. The molecule has 0 aliphatic carbocycles. The molecule has 0 amide bonds. The molecule has 0 radical (unpaired) electrons. The molecule has 4 nitrogen and oxygen atoms in total. The number of fused-ring (bicyclic) bond motifs is 1. The van der Waals surface area contributed by atoms with Gasteiger partial charge in [-0.15, -0.1) is 0 Å². The third kappa shape index (κ3) is 2.79. The highest BCUT2D eigenvalue weighted by molar-refractivity contribution is 5.73. The Morgan fingerprint density at radius 2 is 1.86 bits per heavy atom. The first-order chi connectivity index (χ1) is 10.3. The van der Waals surface area contributed by atoms with Crippen molar-refractivity contribution >= 4 is 11.5 Å². The van der Waals surface area contributed by atoms with E-state index in [2.05, 4.69) is 5.10 Å². The number of rotatable bonds is 5. The number of hydrogen-bond donors (Lipinski definition) is 1. The smallest absolute Gasteiger partial charge is 0.303 e. The lowest BCUT2D eigenvalue weighted by atomic mass is 10.0. The summed E-state index contributed by atoms with van der Waals surface area (Å²) in [6, 6.07) is 16.0. The SMILES string of the molecule is O=C(O)CCCc1c(-c2ccccc2)nn2ccccc12. The van der Waals surface area contributed by atoms with E-state index >= 15 is 0 Å². The van der Waals surface area contributed by atoms with Crippen LogP contribution in [0, 0.1) is 0 Å². The van der Waals surface area contributed by atoms with E-state index in [1.807, 2.05) is 59.2 Å². The molecular formula is C17H16N2O2. The second kappa shape index (κ2) is 5.79. The number of aromatic nitrogens is 2. The zero-order valence-electron chi connectivity index (χ0n) is 11.6. The minimum Gasteiger partial charge on any atom is -0.481 e. The number of nitrogens with zero attached hydrogens (tertiary/aromatic N) is 2. The lowest BCUT2D eigenvalue weighted by Crippen LogP contribution is -1.96. The summed E-state index contributed by atoms with van der Waals surface area (Å²) in [7, 11) is 0. The van der Waals surface area contributed by atoms with Crippen LogP contribution in [-0.2, 0) is 11.2 Å². The molecule has 0 fully saturated rings. The highest BCUT2D eigenvalue weighted by atomic mass is 16.4. The Labute approximate surface area is 122 Å². The van der Waals surface area contributed by atoms with Crippen molar-refractivity contribution < 1.29 is 9.90 Å². The molecule has 1 N–H and O–H groups in total. The van der Waals surface area contributed by atoms with E-state index in [4.69, 9.17) is 5.11 Å². The molecule has 0 unspecified atom stereocenters. The third-order valence-corrected chi connectivity index (χ3v) is 3.51. The van der Waals surface area contributed by atoms with Crippen LogP contribution >= 0.6 is 0 Å². The first-order valence-corrected chi connectivity index (χ1v) is 6.99. The molecule has 0 aliphatic rings. The van der Waals surface area contributed by atoms with Crippen LogP contribution in [0.4, 0.5) is 0 Å². The topological polar surface area (TPSA) is 54.6 Å². The summed E-state index contributed by atoms with van der Waals surface area (Å²) in [5.74, 6) is -0.757. The summed E-state index contributed by atoms with van der Waals surface area (Å²) in [5.41, 5.74) is 4.16. The van der Waals surface area contributed by atoms with Crippen LogP contribution in [0.5, 0.6) is 0 Å². The quantitative estimate of drug-likeness (QED) is 0.779. The molecule has 0 aliphatic heterocycles. The summed E-state index contributed by atoms with van der Waals surface area (Å²) in [6.45, 7) is 0. The van der Waals surface area contributed by atoms with Gasteiger partial charge < -0.3 is 5.11 Å². The van der Waals surface area contributed by atoms with E-state index < -0.39 is 5.97 Å². The average Bonchev–Trinajstić information content (AvgIpc) is 2.87. The third-order valence-electron chi connectivity index (χ3n) is 3.51. The van der Waals surface area contributed by atoms with Crippen LogP contribution in [0.3, 0.4) is 0 Å². The largest absolute Gasteiger partial charge is 0.481 e. The Morgan fingerprint density at radius 3 is 2.62 bits per heavy atom. The van der Waals surface area contributed by atoms with Gasteiger partial charge in [-0.25, -0.2) is 4.52 Å². The zero-order valence-corrected chi connectivity index (χ0v) is 11.6. The second-order valence-corrected chi connectivity index (χ2v) is 4.97. The number of benzene rings is 1. The minimum atomic E-state index is -0.757. The summed E-state index contributed by atoms with van der Waals surface area (Å²) in [4.78, 5) is 10.7. The Balaban J connectivity index is 2.04. The predicted molar refractivity (Wildman–Crippen MR) is 81.2 cm³/mol. The van der Waals surface area contributed by atoms with Crippen LogP contribution in [0.15, 0.2) is 54.7 Å². The molecule has 0 saturated carbocycles. The van der Waals surface area contributed by atoms with Gasteiger partial charge in [0.05, 0.1) is 11.2 Å². The molecule has 2 heterocycles. The van der Waals surface area contributed by atoms with Crippen molar-refractivity contribution in [2.75, 3.05) is 0 Å². The predicted octanol–water partition coefficient (Wildman–Crippen LogP) is 3.41. The Kier molecular flexibility index (Phi) is 3.69. The first kappa shape index (κ1) is 13.4. The van der Waals surface area contributed by atoms with Gasteiger partial charge >= 0.3 is 5.97 Å². The number of carboxylic acid groups (broad SMARTS) is 1. The van der Waals surface area contributed by atoms with Gasteiger partial charge in [0.1, 0.15) is 0 Å². The molecule has 0 saturated heterocycles. The number of aryl methyl sites for hydroxylation is 1. The van der Waals surface area contributed by atoms with Gasteiger partial charge in [0.2, 0.25) is 0 Å². The van der Waals surface area contributed by atoms with E-state index in [9.17, 15) is 4.79 Å². The van der Waals surface area contributed by atoms with Gasteiger partial charge in [0, 0.05) is 23.7 Å². The van der Waals surface area contributed by atoms with Crippen molar-refractivity contribution in [3.05, 3.63) is 60.3 Å². The molecule has 106 valence electrons. The van der Waals surface area contributed by atoms with Gasteiger partial charge in [0.15, 0.2) is 0 Å². The van der Waals surface area contributed by atoms with E-state index in [-0.39, 0.29) is 6.42 Å². The van der Waals surface area contributed by atoms with E-state index in [0.29, 0.717) is 12.8 Å². The van der Waals surface area contributed by atoms with E-state index in [0.717, 1.165) is 22.3 Å². The van der Waals surface area contributed by atoms with E-state index in [1.54, 1.807) is 0 Å². The zero-order chi connectivity index (χ0) is 14.7. The molecule has 0 spiro atoms. The van der Waals surface area contributed by atoms with Gasteiger partial charge in [-0.05, 0) is 25.0 Å². The second-order valence-electron chi connectivity index (χ2n) is 4.97. The minimum absolute atomic E-state index is 0.179. The fraction of sp³-hybridized carbons (Fsp3) is 0.176. The molecule has 3 aromatic rings. The van der Waals surface area contributed by atoms with Crippen LogP contribution < -0.4 is 0 Å². The van der Waals surface area contributed by atoms with Gasteiger partial charge in [-0.1, -0.05) is 36.4 Å². The molecule has 2 aromatic heterocycles. The molecule has 3 rings (SSSR count). The van der Waals surface area contributed by atoms with Gasteiger partial charge in [-0.3, -0.25) is 4.79 Å². The number of pyridine rings is 1. The summed E-state index contributed by atoms with van der Waals surface area (Å²) < 4.78 is 1.86. The first-order valence-electron chi connectivity index (χ1n) is 6.99. The van der Waals surface area contributed by atoms with Gasteiger partial charge in [0.25, 0.3) is 0 Å². The van der Waals surface area contributed by atoms with Crippen molar-refractivity contribution in [3.8, 4) is 11.3 Å². The van der Waals surface area contributed by atoms with Crippen molar-refractivity contribution in [2.45, 2.75) is 19.3 Å². The van der Waals surface area contributed by atoms with Gasteiger partial charge in [-0.2, -0.15) is 5.10 Å². The molecule has 1 aromatic carbocycles. The number of carboxylic acids is 1. The number of aliphatic carboxylic acids is 1. The number of hydrogen-bond acceptors (Lipinski definition) is 2. The molecule has 0 atom stereocenters. The lowest BCUT2D eigenvalue weighted by Gasteiger charge is -2.02. The fourth-order valence-electron chi connectivity index (χ4n) is 2.54. The van der Waals surface area contributed by atoms with Crippen molar-refractivity contribution in [3.63, 3.8) is 0 Å². The van der Waals surface area contributed by atoms with Crippen molar-refractivity contribution in [1.82, 2.24) is 9.61 Å². The lowest BCUT2D eigenvalue weighted by molar-refractivity contribution is -0.137.